The first kappa shape index (κ1) is 18.0. The molecule has 0 aliphatic heterocycles. The molecule has 1 aliphatic rings. The predicted octanol–water partition coefficient (Wildman–Crippen LogP) is 3.50. The van der Waals surface area contributed by atoms with Crippen LogP contribution in [0.2, 0.25) is 0 Å². The van der Waals surface area contributed by atoms with Crippen LogP contribution < -0.4 is 10.2 Å². The van der Waals surface area contributed by atoms with E-state index in [2.05, 4.69) is 31.3 Å². The fraction of sp³-hybridized carbons (Fsp3) is 0.526. The van der Waals surface area contributed by atoms with Crippen molar-refractivity contribution in [2.45, 2.75) is 40.0 Å². The molecule has 1 aromatic rings. The number of hydrazone groups is 1. The molecule has 1 aromatic carbocycles. The quantitative estimate of drug-likeness (QED) is 0.841. The highest BCUT2D eigenvalue weighted by atomic mass is 16.5. The maximum atomic E-state index is 12.0. The van der Waals surface area contributed by atoms with Gasteiger partial charge in [-0.3, -0.25) is 4.79 Å². The molecule has 1 aliphatic carbocycles. The van der Waals surface area contributed by atoms with Crippen molar-refractivity contribution in [3.63, 3.8) is 0 Å². The normalized spacial score (nSPS) is 22.2. The van der Waals surface area contributed by atoms with E-state index >= 15 is 0 Å². The predicted molar refractivity (Wildman–Crippen MR) is 93.6 cm³/mol. The summed E-state index contributed by atoms with van der Waals surface area (Å²) in [5.74, 6) is 1.66. The second-order valence-corrected chi connectivity index (χ2v) is 6.77. The van der Waals surface area contributed by atoms with E-state index in [4.69, 9.17) is 10.00 Å². The third-order valence-electron chi connectivity index (χ3n) is 4.45. The first-order valence-electron chi connectivity index (χ1n) is 8.48. The molecule has 0 spiro atoms. The number of hydrogen-bond donors (Lipinski definition) is 1. The Balaban J connectivity index is 1.93. The lowest BCUT2D eigenvalue weighted by molar-refractivity contribution is -0.123. The molecule has 2 atom stereocenters. The Morgan fingerprint density at radius 1 is 1.42 bits per heavy atom. The van der Waals surface area contributed by atoms with Gasteiger partial charge in [0.15, 0.2) is 6.61 Å². The summed E-state index contributed by atoms with van der Waals surface area (Å²) in [6.07, 6.45) is 3.27. The number of carbonyl (C=O) groups excluding carboxylic acids is 1. The molecule has 0 unspecified atom stereocenters. The van der Waals surface area contributed by atoms with Crippen LogP contribution in [-0.4, -0.2) is 18.2 Å². The van der Waals surface area contributed by atoms with E-state index < -0.39 is 0 Å². The second-order valence-electron chi connectivity index (χ2n) is 6.77. The van der Waals surface area contributed by atoms with Gasteiger partial charge in [-0.15, -0.1) is 0 Å². The second kappa shape index (κ2) is 8.49. The van der Waals surface area contributed by atoms with E-state index in [1.165, 1.54) is 6.42 Å². The van der Waals surface area contributed by atoms with E-state index in [-0.39, 0.29) is 12.5 Å². The highest BCUT2D eigenvalue weighted by Crippen LogP contribution is 2.31. The standard InChI is InChI=1S/C19H25N3O2/c1-13(2)16-9-8-14(3)10-17(16)21-22-19(23)12-24-18-7-5-4-6-15(18)11-20/h4-7,13-14,16H,8-10,12H2,1-3H3,(H,22,23)/b21-17-/t14-,16-/m1/s1. The van der Waals surface area contributed by atoms with Gasteiger partial charge in [0.1, 0.15) is 11.8 Å². The number of carbonyl (C=O) groups is 1. The summed E-state index contributed by atoms with van der Waals surface area (Å²) in [5, 5.41) is 13.4. The molecule has 0 aromatic heterocycles. The van der Waals surface area contributed by atoms with Gasteiger partial charge in [0.25, 0.3) is 5.91 Å². The van der Waals surface area contributed by atoms with Crippen molar-refractivity contribution in [2.75, 3.05) is 6.61 Å². The van der Waals surface area contributed by atoms with E-state index in [9.17, 15) is 4.79 Å². The zero-order valence-electron chi connectivity index (χ0n) is 14.6. The molecule has 1 saturated carbocycles. The van der Waals surface area contributed by atoms with Crippen molar-refractivity contribution in [2.24, 2.45) is 22.9 Å². The summed E-state index contributed by atoms with van der Waals surface area (Å²) in [6.45, 7) is 6.45. The summed E-state index contributed by atoms with van der Waals surface area (Å²) in [6, 6.07) is 8.90. The number of amides is 1. The Kier molecular flexibility index (Phi) is 6.36. The molecule has 1 fully saturated rings. The molecular formula is C19H25N3O2. The van der Waals surface area contributed by atoms with Crippen molar-refractivity contribution in [3.05, 3.63) is 29.8 Å². The molecule has 5 nitrogen and oxygen atoms in total. The van der Waals surface area contributed by atoms with Crippen LogP contribution in [0, 0.1) is 29.1 Å². The highest BCUT2D eigenvalue weighted by molar-refractivity contribution is 5.89. The van der Waals surface area contributed by atoms with Crippen LogP contribution in [0.15, 0.2) is 29.4 Å². The van der Waals surface area contributed by atoms with Gasteiger partial charge in [-0.1, -0.05) is 32.9 Å². The highest BCUT2D eigenvalue weighted by Gasteiger charge is 2.27. The lowest BCUT2D eigenvalue weighted by atomic mass is 9.76. The molecule has 2 rings (SSSR count). The van der Waals surface area contributed by atoms with Gasteiger partial charge < -0.3 is 4.74 Å². The first-order chi connectivity index (χ1) is 11.5. The molecule has 0 bridgehead atoms. The number of nitrogens with one attached hydrogen (secondary N) is 1. The Bertz CT molecular complexity index is 646. The number of benzene rings is 1. The fourth-order valence-electron chi connectivity index (χ4n) is 3.08. The van der Waals surface area contributed by atoms with E-state index in [0.29, 0.717) is 29.1 Å². The van der Waals surface area contributed by atoms with Gasteiger partial charge in [-0.2, -0.15) is 10.4 Å². The Morgan fingerprint density at radius 3 is 2.88 bits per heavy atom. The molecule has 1 N–H and O–H groups in total. The van der Waals surface area contributed by atoms with Gasteiger partial charge in [0.2, 0.25) is 0 Å². The number of hydrogen-bond acceptors (Lipinski definition) is 4. The average molecular weight is 327 g/mol. The van der Waals surface area contributed by atoms with Crippen LogP contribution in [0.3, 0.4) is 0 Å². The van der Waals surface area contributed by atoms with Crippen LogP contribution in [0.25, 0.3) is 0 Å². The van der Waals surface area contributed by atoms with Crippen molar-refractivity contribution >= 4 is 11.6 Å². The summed E-state index contributed by atoms with van der Waals surface area (Å²) < 4.78 is 5.42. The Morgan fingerprint density at radius 2 is 2.17 bits per heavy atom. The Hall–Kier alpha value is -2.35. The molecule has 24 heavy (non-hydrogen) atoms. The van der Waals surface area contributed by atoms with Gasteiger partial charge in [0, 0.05) is 11.6 Å². The van der Waals surface area contributed by atoms with E-state index in [0.717, 1.165) is 18.6 Å². The van der Waals surface area contributed by atoms with Gasteiger partial charge in [-0.05, 0) is 43.2 Å². The van der Waals surface area contributed by atoms with Crippen LogP contribution in [0.5, 0.6) is 5.75 Å². The third kappa shape index (κ3) is 4.82. The van der Waals surface area contributed by atoms with Gasteiger partial charge in [-0.25, -0.2) is 5.43 Å². The van der Waals surface area contributed by atoms with Crippen LogP contribution in [0.1, 0.15) is 45.6 Å². The third-order valence-corrected chi connectivity index (χ3v) is 4.45. The van der Waals surface area contributed by atoms with Crippen LogP contribution >= 0.6 is 0 Å². The van der Waals surface area contributed by atoms with E-state index in [1.807, 2.05) is 6.07 Å². The molecule has 128 valence electrons. The smallest absolute Gasteiger partial charge is 0.277 e. The maximum Gasteiger partial charge on any atom is 0.277 e. The minimum Gasteiger partial charge on any atom is -0.482 e. The maximum absolute atomic E-state index is 12.0. The lowest BCUT2D eigenvalue weighted by Crippen LogP contribution is -2.32. The zero-order valence-corrected chi connectivity index (χ0v) is 14.6. The number of rotatable bonds is 5. The van der Waals surface area contributed by atoms with Crippen molar-refractivity contribution in [3.8, 4) is 11.8 Å². The largest absolute Gasteiger partial charge is 0.482 e. The van der Waals surface area contributed by atoms with E-state index in [1.54, 1.807) is 24.3 Å². The first-order valence-corrected chi connectivity index (χ1v) is 8.48. The average Bonchev–Trinajstić information content (AvgIpc) is 2.58. The Labute approximate surface area is 143 Å². The van der Waals surface area contributed by atoms with Crippen molar-refractivity contribution in [1.29, 1.82) is 5.26 Å². The van der Waals surface area contributed by atoms with Crippen molar-refractivity contribution in [1.82, 2.24) is 5.43 Å². The van der Waals surface area contributed by atoms with Gasteiger partial charge >= 0.3 is 0 Å². The molecule has 0 saturated heterocycles. The molecule has 0 radical (unpaired) electrons. The minimum absolute atomic E-state index is 0.155. The summed E-state index contributed by atoms with van der Waals surface area (Å²) in [5.41, 5.74) is 4.10. The lowest BCUT2D eigenvalue weighted by Gasteiger charge is -2.30. The zero-order chi connectivity index (χ0) is 17.5. The fourth-order valence-corrected chi connectivity index (χ4v) is 3.08. The van der Waals surface area contributed by atoms with Gasteiger partial charge in [0.05, 0.1) is 5.56 Å². The molecule has 1 amide bonds. The summed E-state index contributed by atoms with van der Waals surface area (Å²) in [4.78, 5) is 12.0. The topological polar surface area (TPSA) is 74.5 Å². The molecular weight excluding hydrogens is 302 g/mol. The molecule has 0 heterocycles. The van der Waals surface area contributed by atoms with Crippen LogP contribution in [-0.2, 0) is 4.79 Å². The summed E-state index contributed by atoms with van der Waals surface area (Å²) in [7, 11) is 0. The van der Waals surface area contributed by atoms with Crippen molar-refractivity contribution < 1.29 is 9.53 Å². The number of ether oxygens (including phenoxy) is 1. The monoisotopic (exact) mass is 327 g/mol. The minimum atomic E-state index is -0.309. The molecule has 5 heteroatoms. The summed E-state index contributed by atoms with van der Waals surface area (Å²) >= 11 is 0. The SMILES string of the molecule is CC(C)[C@H]1CC[C@@H](C)C/C1=N/NC(=O)COc1ccccc1C#N. The number of nitrogens with zero attached hydrogens (tertiary/aromatic N) is 2. The number of para-hydroxylation sites is 1. The number of nitriles is 1. The van der Waals surface area contributed by atoms with Crippen LogP contribution in [0.4, 0.5) is 0 Å².